The normalized spacial score (nSPS) is 12.2. The molecule has 2 aromatic carbocycles. The highest BCUT2D eigenvalue weighted by Crippen LogP contribution is 2.25. The fourth-order valence-electron chi connectivity index (χ4n) is 2.62. The number of nitrogens with zero attached hydrogens (tertiary/aromatic N) is 2. The molecule has 0 atom stereocenters. The van der Waals surface area contributed by atoms with Crippen molar-refractivity contribution >= 4 is 32.7 Å². The molecule has 0 saturated heterocycles. The lowest BCUT2D eigenvalue weighted by atomic mass is 10.2. The van der Waals surface area contributed by atoms with E-state index in [1.54, 1.807) is 39.8 Å². The number of hydrogen-bond donors (Lipinski definition) is 1. The van der Waals surface area contributed by atoms with E-state index in [1.807, 2.05) is 0 Å². The zero-order valence-corrected chi connectivity index (χ0v) is 16.7. The average molecular weight is 405 g/mol. The van der Waals surface area contributed by atoms with Crippen LogP contribution in [0.1, 0.15) is 26.5 Å². The van der Waals surface area contributed by atoms with Crippen molar-refractivity contribution < 1.29 is 22.3 Å². The van der Waals surface area contributed by atoms with Crippen molar-refractivity contribution in [3.8, 4) is 0 Å². The number of sulfonamides is 1. The molecule has 0 bridgehead atoms. The molecule has 3 rings (SSSR count). The number of aryl methyl sites for hydroxylation is 1. The highest BCUT2D eigenvalue weighted by atomic mass is 32.2. The number of carbonyl (C=O) groups excluding carboxylic acids is 1. The maximum absolute atomic E-state index is 13.3. The minimum atomic E-state index is -3.96. The smallest absolute Gasteiger partial charge is 0.435 e. The molecule has 0 aliphatic carbocycles. The van der Waals surface area contributed by atoms with E-state index in [1.165, 1.54) is 24.3 Å². The molecule has 1 aromatic heterocycles. The molecule has 9 heteroatoms. The molecule has 1 heterocycles. The van der Waals surface area contributed by atoms with Crippen molar-refractivity contribution in [1.82, 2.24) is 9.78 Å². The number of fused-ring (bicyclic) bond motifs is 1. The largest absolute Gasteiger partial charge is 0.442 e. The van der Waals surface area contributed by atoms with E-state index in [-0.39, 0.29) is 10.6 Å². The lowest BCUT2D eigenvalue weighted by Crippen LogP contribution is -2.27. The Morgan fingerprint density at radius 2 is 1.89 bits per heavy atom. The van der Waals surface area contributed by atoms with Gasteiger partial charge in [-0.15, -0.1) is 0 Å². The Morgan fingerprint density at radius 3 is 2.54 bits per heavy atom. The molecule has 0 aliphatic rings. The Hall–Kier alpha value is -2.94. The molecular formula is C19H20FN3O4S. The Bertz CT molecular complexity index is 1160. The summed E-state index contributed by atoms with van der Waals surface area (Å²) in [6.45, 7) is 6.96. The Balaban J connectivity index is 1.95. The van der Waals surface area contributed by atoms with Gasteiger partial charge in [-0.05, 0) is 64.1 Å². The van der Waals surface area contributed by atoms with E-state index in [9.17, 15) is 17.6 Å². The van der Waals surface area contributed by atoms with Gasteiger partial charge in [-0.1, -0.05) is 6.07 Å². The molecule has 1 N–H and O–H groups in total. The molecule has 0 aliphatic heterocycles. The van der Waals surface area contributed by atoms with Crippen LogP contribution in [0, 0.1) is 12.7 Å². The van der Waals surface area contributed by atoms with Crippen LogP contribution in [-0.2, 0) is 14.8 Å². The second-order valence-electron chi connectivity index (χ2n) is 7.27. The van der Waals surface area contributed by atoms with Crippen LogP contribution in [0.25, 0.3) is 10.9 Å². The average Bonchev–Trinajstić information content (AvgIpc) is 2.90. The molecule has 148 valence electrons. The zero-order valence-electron chi connectivity index (χ0n) is 15.9. The van der Waals surface area contributed by atoms with Crippen LogP contribution in [0.5, 0.6) is 0 Å². The summed E-state index contributed by atoms with van der Waals surface area (Å²) in [6, 6.07) is 9.36. The number of aromatic nitrogens is 2. The van der Waals surface area contributed by atoms with Crippen LogP contribution in [0.2, 0.25) is 0 Å². The van der Waals surface area contributed by atoms with Crippen molar-refractivity contribution in [2.45, 2.75) is 38.2 Å². The second kappa shape index (κ2) is 6.90. The summed E-state index contributed by atoms with van der Waals surface area (Å²) in [5.41, 5.74) is 0.612. The van der Waals surface area contributed by atoms with Gasteiger partial charge >= 0.3 is 6.09 Å². The first-order valence-corrected chi connectivity index (χ1v) is 9.96. The van der Waals surface area contributed by atoms with Crippen LogP contribution >= 0.6 is 0 Å². The van der Waals surface area contributed by atoms with Gasteiger partial charge in [-0.2, -0.15) is 9.78 Å². The quantitative estimate of drug-likeness (QED) is 0.709. The number of halogens is 1. The van der Waals surface area contributed by atoms with Crippen molar-refractivity contribution in [1.29, 1.82) is 0 Å². The maximum atomic E-state index is 13.3. The molecule has 28 heavy (non-hydrogen) atoms. The molecule has 3 aromatic rings. The predicted molar refractivity (Wildman–Crippen MR) is 103 cm³/mol. The number of anilines is 1. The van der Waals surface area contributed by atoms with Gasteiger partial charge in [0.15, 0.2) is 0 Å². The summed E-state index contributed by atoms with van der Waals surface area (Å²) >= 11 is 0. The topological polar surface area (TPSA) is 90.3 Å². The van der Waals surface area contributed by atoms with E-state index < -0.39 is 27.5 Å². The SMILES string of the molecule is Cc1nn(C(=O)OC(C)(C)C)c2ccc(NS(=O)(=O)c3cccc(F)c3)cc12. The van der Waals surface area contributed by atoms with E-state index >= 15 is 0 Å². The fraction of sp³-hybridized carbons (Fsp3) is 0.263. The lowest BCUT2D eigenvalue weighted by molar-refractivity contribution is 0.0522. The van der Waals surface area contributed by atoms with Crippen LogP contribution in [-0.4, -0.2) is 29.9 Å². The first kappa shape index (κ1) is 19.8. The van der Waals surface area contributed by atoms with E-state index in [4.69, 9.17) is 4.74 Å². The number of hydrogen-bond acceptors (Lipinski definition) is 5. The predicted octanol–water partition coefficient (Wildman–Crippen LogP) is 4.07. The van der Waals surface area contributed by atoms with Crippen molar-refractivity contribution in [2.75, 3.05) is 4.72 Å². The fourth-order valence-corrected chi connectivity index (χ4v) is 3.70. The van der Waals surface area contributed by atoms with Crippen molar-refractivity contribution in [3.05, 3.63) is 54.0 Å². The summed E-state index contributed by atoms with van der Waals surface area (Å²) < 4.78 is 47.2. The molecule has 7 nitrogen and oxygen atoms in total. The second-order valence-corrected chi connectivity index (χ2v) is 8.95. The molecule has 0 fully saturated rings. The summed E-state index contributed by atoms with van der Waals surface area (Å²) in [7, 11) is -3.96. The first-order chi connectivity index (χ1) is 13.0. The van der Waals surface area contributed by atoms with Gasteiger partial charge in [-0.25, -0.2) is 17.6 Å². The summed E-state index contributed by atoms with van der Waals surface area (Å²) in [4.78, 5) is 12.2. The Kier molecular flexibility index (Phi) is 4.88. The number of rotatable bonds is 3. The van der Waals surface area contributed by atoms with Crippen LogP contribution in [0.15, 0.2) is 47.4 Å². The summed E-state index contributed by atoms with van der Waals surface area (Å²) in [5, 5.41) is 4.78. The Labute approximate surface area is 162 Å². The highest BCUT2D eigenvalue weighted by molar-refractivity contribution is 7.92. The summed E-state index contributed by atoms with van der Waals surface area (Å²) in [5.74, 6) is -0.646. The molecule has 0 amide bonds. The Morgan fingerprint density at radius 1 is 1.18 bits per heavy atom. The third-order valence-electron chi connectivity index (χ3n) is 3.79. The molecule has 0 saturated carbocycles. The molecule has 0 unspecified atom stereocenters. The number of benzene rings is 2. The minimum absolute atomic E-state index is 0.186. The zero-order chi connectivity index (χ0) is 20.7. The molecule has 0 radical (unpaired) electrons. The van der Waals surface area contributed by atoms with Gasteiger partial charge in [0.2, 0.25) is 0 Å². The third kappa shape index (κ3) is 4.14. The molecular weight excluding hydrogens is 385 g/mol. The first-order valence-electron chi connectivity index (χ1n) is 8.47. The minimum Gasteiger partial charge on any atom is -0.442 e. The number of carbonyl (C=O) groups is 1. The van der Waals surface area contributed by atoms with Crippen LogP contribution in [0.3, 0.4) is 0 Å². The van der Waals surface area contributed by atoms with Gasteiger partial charge in [-0.3, -0.25) is 4.72 Å². The third-order valence-corrected chi connectivity index (χ3v) is 5.17. The van der Waals surface area contributed by atoms with Gasteiger partial charge in [0, 0.05) is 11.1 Å². The van der Waals surface area contributed by atoms with Gasteiger partial charge in [0.05, 0.1) is 16.1 Å². The van der Waals surface area contributed by atoms with Crippen LogP contribution in [0.4, 0.5) is 14.9 Å². The van der Waals surface area contributed by atoms with Gasteiger partial charge in [0.1, 0.15) is 11.4 Å². The lowest BCUT2D eigenvalue weighted by Gasteiger charge is -2.19. The van der Waals surface area contributed by atoms with E-state index in [0.29, 0.717) is 16.6 Å². The highest BCUT2D eigenvalue weighted by Gasteiger charge is 2.22. The standard InChI is InChI=1S/C19H20FN3O4S/c1-12-16-11-14(22-28(25,26)15-7-5-6-13(20)10-15)8-9-17(16)23(21-12)18(24)27-19(2,3)4/h5-11,22H,1-4H3. The number of nitrogens with one attached hydrogen (secondary N) is 1. The van der Waals surface area contributed by atoms with Crippen molar-refractivity contribution in [2.24, 2.45) is 0 Å². The van der Waals surface area contributed by atoms with E-state index in [0.717, 1.165) is 10.7 Å². The summed E-state index contributed by atoms with van der Waals surface area (Å²) in [6.07, 6.45) is -0.626. The van der Waals surface area contributed by atoms with E-state index in [2.05, 4.69) is 9.82 Å². The molecule has 0 spiro atoms. The number of ether oxygens (including phenoxy) is 1. The van der Waals surface area contributed by atoms with Crippen LogP contribution < -0.4 is 4.72 Å². The maximum Gasteiger partial charge on any atom is 0.435 e. The van der Waals surface area contributed by atoms with Gasteiger partial charge < -0.3 is 4.74 Å². The van der Waals surface area contributed by atoms with Gasteiger partial charge in [0.25, 0.3) is 10.0 Å². The monoisotopic (exact) mass is 405 g/mol. The van der Waals surface area contributed by atoms with Crippen molar-refractivity contribution in [3.63, 3.8) is 0 Å².